The molecule has 0 saturated carbocycles. The van der Waals surface area contributed by atoms with Gasteiger partial charge < -0.3 is 10.4 Å². The van der Waals surface area contributed by atoms with Gasteiger partial charge in [-0.15, -0.1) is 0 Å². The van der Waals surface area contributed by atoms with Crippen LogP contribution in [0.4, 0.5) is 5.69 Å². The molecule has 0 spiro atoms. The summed E-state index contributed by atoms with van der Waals surface area (Å²) in [6, 6.07) is 4.89. The molecule has 1 aliphatic rings. The highest BCUT2D eigenvalue weighted by Gasteiger charge is 2.27. The van der Waals surface area contributed by atoms with E-state index in [1.165, 1.54) is 6.07 Å². The average Bonchev–Trinajstić information content (AvgIpc) is 2.16. The lowest BCUT2D eigenvalue weighted by atomic mass is 10.2. The maximum Gasteiger partial charge on any atom is 0.182 e. The molecule has 0 aliphatic carbocycles. The molecule has 1 aromatic rings. The molecule has 0 aromatic heterocycles. The van der Waals surface area contributed by atoms with Crippen LogP contribution in [0.1, 0.15) is 12.5 Å². The van der Waals surface area contributed by atoms with Gasteiger partial charge in [0.15, 0.2) is 9.84 Å². The third kappa shape index (κ3) is 1.85. The molecule has 1 aromatic carbocycles. The minimum atomic E-state index is -3.20. The molecule has 1 heterocycles. The Labute approximate surface area is 88.9 Å². The van der Waals surface area contributed by atoms with Crippen molar-refractivity contribution in [1.82, 2.24) is 0 Å². The van der Waals surface area contributed by atoms with Gasteiger partial charge in [-0.25, -0.2) is 8.42 Å². The van der Waals surface area contributed by atoms with E-state index < -0.39 is 9.84 Å². The molecule has 15 heavy (non-hydrogen) atoms. The van der Waals surface area contributed by atoms with Gasteiger partial charge in [0.2, 0.25) is 0 Å². The first-order valence-electron chi connectivity index (χ1n) is 4.76. The number of rotatable bonds is 1. The number of sulfone groups is 1. The van der Waals surface area contributed by atoms with Crippen LogP contribution < -0.4 is 5.32 Å². The average molecular weight is 227 g/mol. The maximum absolute atomic E-state index is 11.8. The van der Waals surface area contributed by atoms with Crippen LogP contribution in [-0.2, 0) is 16.4 Å². The molecule has 0 saturated heterocycles. The Balaban J connectivity index is 2.59. The third-order valence-corrected chi connectivity index (χ3v) is 4.38. The fourth-order valence-electron chi connectivity index (χ4n) is 1.77. The normalized spacial score (nSPS) is 22.9. The van der Waals surface area contributed by atoms with E-state index in [0.717, 1.165) is 0 Å². The van der Waals surface area contributed by atoms with Gasteiger partial charge in [0.05, 0.1) is 22.9 Å². The molecular formula is C10H13NO3S. The summed E-state index contributed by atoms with van der Waals surface area (Å²) in [6.45, 7) is 1.69. The van der Waals surface area contributed by atoms with E-state index in [0.29, 0.717) is 16.1 Å². The number of aliphatic hydroxyl groups is 1. The molecular weight excluding hydrogens is 214 g/mol. The monoisotopic (exact) mass is 227 g/mol. The van der Waals surface area contributed by atoms with Crippen LogP contribution >= 0.6 is 0 Å². The van der Waals surface area contributed by atoms with Crippen molar-refractivity contribution in [2.75, 3.05) is 11.1 Å². The van der Waals surface area contributed by atoms with Gasteiger partial charge in [0, 0.05) is 6.04 Å². The molecule has 0 radical (unpaired) electrons. The molecule has 2 rings (SSSR count). The first-order chi connectivity index (χ1) is 7.03. The first-order valence-corrected chi connectivity index (χ1v) is 6.41. The topological polar surface area (TPSA) is 66.4 Å². The summed E-state index contributed by atoms with van der Waals surface area (Å²) in [6.07, 6.45) is 0. The Morgan fingerprint density at radius 3 is 2.93 bits per heavy atom. The second-order valence-electron chi connectivity index (χ2n) is 3.82. The fourth-order valence-corrected chi connectivity index (χ4v) is 3.48. The van der Waals surface area contributed by atoms with Crippen LogP contribution in [0.5, 0.6) is 0 Å². The Hall–Kier alpha value is -1.07. The van der Waals surface area contributed by atoms with Crippen LogP contribution in [0.25, 0.3) is 0 Å². The SMILES string of the molecule is CC1CS(=O)(=O)c2cc(CO)ccc2N1. The van der Waals surface area contributed by atoms with Gasteiger partial charge >= 0.3 is 0 Å². The van der Waals surface area contributed by atoms with Crippen molar-refractivity contribution in [3.8, 4) is 0 Å². The minimum Gasteiger partial charge on any atom is -0.392 e. The van der Waals surface area contributed by atoms with Crippen LogP contribution in [0.2, 0.25) is 0 Å². The van der Waals surface area contributed by atoms with Crippen LogP contribution in [0, 0.1) is 0 Å². The lowest BCUT2D eigenvalue weighted by Crippen LogP contribution is -2.31. The second kappa shape index (κ2) is 3.50. The zero-order chi connectivity index (χ0) is 11.1. The zero-order valence-corrected chi connectivity index (χ0v) is 9.21. The third-order valence-electron chi connectivity index (χ3n) is 2.43. The Morgan fingerprint density at radius 2 is 2.27 bits per heavy atom. The highest BCUT2D eigenvalue weighted by molar-refractivity contribution is 7.91. The number of fused-ring (bicyclic) bond motifs is 1. The van der Waals surface area contributed by atoms with E-state index in [-0.39, 0.29) is 18.4 Å². The molecule has 1 aliphatic heterocycles. The summed E-state index contributed by atoms with van der Waals surface area (Å²) in [5.74, 6) is 0.106. The van der Waals surface area contributed by atoms with E-state index in [2.05, 4.69) is 5.32 Å². The van der Waals surface area contributed by atoms with Crippen molar-refractivity contribution in [3.63, 3.8) is 0 Å². The summed E-state index contributed by atoms with van der Waals surface area (Å²) in [4.78, 5) is 0.298. The zero-order valence-electron chi connectivity index (χ0n) is 8.40. The Bertz CT molecular complexity index is 481. The molecule has 2 N–H and O–H groups in total. The summed E-state index contributed by atoms with van der Waals surface area (Å²) < 4.78 is 23.7. The summed E-state index contributed by atoms with van der Waals surface area (Å²) in [7, 11) is -3.20. The van der Waals surface area contributed by atoms with Crippen LogP contribution in [0.15, 0.2) is 23.1 Å². The van der Waals surface area contributed by atoms with Crippen LogP contribution in [0.3, 0.4) is 0 Å². The number of hydrogen-bond acceptors (Lipinski definition) is 4. The fraction of sp³-hybridized carbons (Fsp3) is 0.400. The van der Waals surface area contributed by atoms with E-state index in [4.69, 9.17) is 5.11 Å². The quantitative estimate of drug-likeness (QED) is 0.743. The molecule has 5 heteroatoms. The first kappa shape index (κ1) is 10.4. The van der Waals surface area contributed by atoms with Crippen molar-refractivity contribution in [1.29, 1.82) is 0 Å². The van der Waals surface area contributed by atoms with E-state index >= 15 is 0 Å². The number of anilines is 1. The van der Waals surface area contributed by atoms with E-state index in [9.17, 15) is 8.42 Å². The summed E-state index contributed by atoms with van der Waals surface area (Å²) in [5.41, 5.74) is 1.25. The number of benzene rings is 1. The lowest BCUT2D eigenvalue weighted by molar-refractivity contribution is 0.281. The smallest absolute Gasteiger partial charge is 0.182 e. The summed E-state index contributed by atoms with van der Waals surface area (Å²) >= 11 is 0. The predicted octanol–water partition coefficient (Wildman–Crippen LogP) is 0.767. The maximum atomic E-state index is 11.8. The molecule has 0 fully saturated rings. The van der Waals surface area contributed by atoms with Gasteiger partial charge in [-0.05, 0) is 24.6 Å². The number of nitrogens with one attached hydrogen (secondary N) is 1. The van der Waals surface area contributed by atoms with E-state index in [1.54, 1.807) is 12.1 Å². The number of aliphatic hydroxyl groups excluding tert-OH is 1. The molecule has 1 atom stereocenters. The lowest BCUT2D eigenvalue weighted by Gasteiger charge is -2.24. The van der Waals surface area contributed by atoms with Crippen molar-refractivity contribution in [2.24, 2.45) is 0 Å². The highest BCUT2D eigenvalue weighted by atomic mass is 32.2. The molecule has 1 unspecified atom stereocenters. The second-order valence-corrected chi connectivity index (χ2v) is 5.82. The van der Waals surface area contributed by atoms with Gasteiger partial charge in [0.1, 0.15) is 0 Å². The Kier molecular flexibility index (Phi) is 2.44. The number of hydrogen-bond donors (Lipinski definition) is 2. The van der Waals surface area contributed by atoms with Gasteiger partial charge in [0.25, 0.3) is 0 Å². The Morgan fingerprint density at radius 1 is 1.53 bits per heavy atom. The van der Waals surface area contributed by atoms with Crippen molar-refractivity contribution < 1.29 is 13.5 Å². The van der Waals surface area contributed by atoms with Crippen molar-refractivity contribution in [2.45, 2.75) is 24.5 Å². The molecule has 82 valence electrons. The molecule has 4 nitrogen and oxygen atoms in total. The minimum absolute atomic E-state index is 0.0672. The molecule has 0 amide bonds. The van der Waals surface area contributed by atoms with Crippen LogP contribution in [-0.4, -0.2) is 25.3 Å². The van der Waals surface area contributed by atoms with Gasteiger partial charge in [-0.3, -0.25) is 0 Å². The van der Waals surface area contributed by atoms with Gasteiger partial charge in [-0.1, -0.05) is 6.07 Å². The largest absolute Gasteiger partial charge is 0.392 e. The summed E-state index contributed by atoms with van der Waals surface area (Å²) in [5, 5.41) is 12.1. The van der Waals surface area contributed by atoms with E-state index in [1.807, 2.05) is 6.92 Å². The predicted molar refractivity (Wildman–Crippen MR) is 57.5 cm³/mol. The molecule has 0 bridgehead atoms. The van der Waals surface area contributed by atoms with Crippen molar-refractivity contribution >= 4 is 15.5 Å². The van der Waals surface area contributed by atoms with Gasteiger partial charge in [-0.2, -0.15) is 0 Å². The van der Waals surface area contributed by atoms with Crippen molar-refractivity contribution in [3.05, 3.63) is 23.8 Å². The standard InChI is InChI=1S/C10H13NO3S/c1-7-6-15(13,14)10-4-8(5-12)2-3-9(10)11-7/h2-4,7,11-12H,5-6H2,1H3. The highest BCUT2D eigenvalue weighted by Crippen LogP contribution is 2.29.